The first-order valence-corrected chi connectivity index (χ1v) is 14.1. The molecule has 9 heteroatoms. The van der Waals surface area contributed by atoms with E-state index < -0.39 is 17.9 Å². The lowest BCUT2D eigenvalue weighted by molar-refractivity contribution is -0.138. The van der Waals surface area contributed by atoms with Crippen molar-refractivity contribution in [2.45, 2.75) is 115 Å². The third-order valence-electron chi connectivity index (χ3n) is 7.40. The number of amides is 4. The summed E-state index contributed by atoms with van der Waals surface area (Å²) >= 11 is 0. The van der Waals surface area contributed by atoms with E-state index in [1.54, 1.807) is 18.2 Å². The van der Waals surface area contributed by atoms with Crippen LogP contribution in [-0.4, -0.2) is 45.6 Å². The van der Waals surface area contributed by atoms with E-state index in [2.05, 4.69) is 10.6 Å². The fourth-order valence-electron chi connectivity index (χ4n) is 5.25. The first-order chi connectivity index (χ1) is 18.4. The number of hydrogen-bond donors (Lipinski definition) is 3. The van der Waals surface area contributed by atoms with Crippen LogP contribution >= 0.6 is 0 Å². The molecule has 4 amide bonds. The Hall–Kier alpha value is -3.23. The molecule has 3 N–H and O–H groups in total. The highest BCUT2D eigenvalue weighted by atomic mass is 16.4. The van der Waals surface area contributed by atoms with Gasteiger partial charge in [0.1, 0.15) is 6.04 Å². The summed E-state index contributed by atoms with van der Waals surface area (Å²) < 4.78 is 0. The van der Waals surface area contributed by atoms with Crippen LogP contribution in [0.4, 0.5) is 5.69 Å². The summed E-state index contributed by atoms with van der Waals surface area (Å²) in [5.41, 5.74) is 1.82. The van der Waals surface area contributed by atoms with Crippen molar-refractivity contribution in [2.24, 2.45) is 0 Å². The lowest BCUT2D eigenvalue weighted by Gasteiger charge is -2.29. The van der Waals surface area contributed by atoms with Crippen molar-refractivity contribution < 1.29 is 29.1 Å². The number of carbonyl (C=O) groups excluding carboxylic acids is 4. The molecule has 1 fully saturated rings. The van der Waals surface area contributed by atoms with Crippen LogP contribution in [0.15, 0.2) is 18.2 Å². The lowest BCUT2D eigenvalue weighted by atomic mass is 10.0. The summed E-state index contributed by atoms with van der Waals surface area (Å²) in [5, 5.41) is 13.9. The molecule has 0 aromatic heterocycles. The van der Waals surface area contributed by atoms with E-state index in [0.29, 0.717) is 24.1 Å². The first kappa shape index (κ1) is 29.3. The van der Waals surface area contributed by atoms with Gasteiger partial charge >= 0.3 is 5.97 Å². The minimum atomic E-state index is -0.706. The van der Waals surface area contributed by atoms with E-state index >= 15 is 0 Å². The third-order valence-corrected chi connectivity index (χ3v) is 7.40. The van der Waals surface area contributed by atoms with Crippen LogP contribution in [-0.2, 0) is 25.7 Å². The molecule has 1 unspecified atom stereocenters. The first-order valence-electron chi connectivity index (χ1n) is 14.1. The number of fused-ring (bicyclic) bond motifs is 1. The van der Waals surface area contributed by atoms with E-state index in [0.717, 1.165) is 44.1 Å². The van der Waals surface area contributed by atoms with Crippen molar-refractivity contribution in [3.63, 3.8) is 0 Å². The van der Waals surface area contributed by atoms with Crippen LogP contribution in [0, 0.1) is 0 Å². The maximum absolute atomic E-state index is 12.9. The minimum absolute atomic E-state index is 0.0753. The van der Waals surface area contributed by atoms with E-state index in [1.807, 2.05) is 0 Å². The van der Waals surface area contributed by atoms with Gasteiger partial charge < -0.3 is 15.3 Å². The van der Waals surface area contributed by atoms with Crippen molar-refractivity contribution in [2.75, 3.05) is 5.32 Å². The predicted octanol–water partition coefficient (Wildman–Crippen LogP) is 4.93. The highest BCUT2D eigenvalue weighted by Crippen LogP contribution is 2.32. The fourth-order valence-corrected chi connectivity index (χ4v) is 5.25. The average Bonchev–Trinajstić information content (AvgIpc) is 3.21. The third kappa shape index (κ3) is 8.96. The number of imide groups is 1. The molecule has 3 rings (SSSR count). The maximum atomic E-state index is 12.9. The molecule has 1 atom stereocenters. The molecule has 38 heavy (non-hydrogen) atoms. The molecule has 2 aliphatic heterocycles. The maximum Gasteiger partial charge on any atom is 0.303 e. The second-order valence-electron chi connectivity index (χ2n) is 10.4. The lowest BCUT2D eigenvalue weighted by Crippen LogP contribution is -2.52. The van der Waals surface area contributed by atoms with Crippen LogP contribution in [0.2, 0.25) is 0 Å². The van der Waals surface area contributed by atoms with Gasteiger partial charge in [0, 0.05) is 42.6 Å². The molecule has 0 saturated carbocycles. The number of nitrogens with one attached hydrogen (secondary N) is 2. The quantitative estimate of drug-likeness (QED) is 0.194. The van der Waals surface area contributed by atoms with Crippen molar-refractivity contribution in [3.8, 4) is 0 Å². The van der Waals surface area contributed by atoms with Crippen molar-refractivity contribution in [1.82, 2.24) is 10.2 Å². The Kier molecular flexibility index (Phi) is 11.8. The molecule has 208 valence electrons. The number of nitrogens with zero attached hydrogens (tertiary/aromatic N) is 1. The van der Waals surface area contributed by atoms with E-state index in [-0.39, 0.29) is 37.1 Å². The molecule has 2 heterocycles. The summed E-state index contributed by atoms with van der Waals surface area (Å²) in [5.74, 6) is -1.79. The smallest absolute Gasteiger partial charge is 0.303 e. The highest BCUT2D eigenvalue weighted by molar-refractivity contribution is 6.06. The summed E-state index contributed by atoms with van der Waals surface area (Å²) in [6, 6.07) is 4.56. The van der Waals surface area contributed by atoms with Gasteiger partial charge in [0.25, 0.3) is 5.91 Å². The molecule has 1 aromatic carbocycles. The monoisotopic (exact) mass is 527 g/mol. The fraction of sp³-hybridized carbons (Fsp3) is 0.621. The Morgan fingerprint density at radius 1 is 0.868 bits per heavy atom. The molecule has 0 radical (unpaired) electrons. The number of rotatable bonds is 17. The van der Waals surface area contributed by atoms with E-state index in [9.17, 15) is 24.0 Å². The largest absolute Gasteiger partial charge is 0.481 e. The second-order valence-corrected chi connectivity index (χ2v) is 10.4. The number of benzene rings is 1. The molecule has 9 nitrogen and oxygen atoms in total. The van der Waals surface area contributed by atoms with E-state index in [4.69, 9.17) is 5.11 Å². The van der Waals surface area contributed by atoms with Gasteiger partial charge in [-0.25, -0.2) is 0 Å². The van der Waals surface area contributed by atoms with Crippen molar-refractivity contribution in [3.05, 3.63) is 29.3 Å². The summed E-state index contributed by atoms with van der Waals surface area (Å²) in [6.07, 6.45) is 14.3. The van der Waals surface area contributed by atoms with Gasteiger partial charge in [-0.3, -0.25) is 29.3 Å². The standard InChI is InChI=1S/C29H41N3O6/c33-25(16-11-9-7-5-3-1-2-4-6-8-10-12-17-27(35)36)30-23-15-13-14-21-22(23)20-32(29(21)38)24-18-19-26(34)31-28(24)37/h13-15,24H,1-12,16-20H2,(H,30,33)(H,35,36)(H,31,34,37). The van der Waals surface area contributed by atoms with Gasteiger partial charge in [-0.1, -0.05) is 70.3 Å². The number of piperidine rings is 1. The number of aliphatic carboxylic acids is 1. The van der Waals surface area contributed by atoms with Crippen molar-refractivity contribution >= 4 is 35.3 Å². The molecule has 2 aliphatic rings. The number of anilines is 1. The molecular weight excluding hydrogens is 486 g/mol. The Morgan fingerprint density at radius 2 is 1.45 bits per heavy atom. The Morgan fingerprint density at radius 3 is 2.03 bits per heavy atom. The summed E-state index contributed by atoms with van der Waals surface area (Å²) in [7, 11) is 0. The highest BCUT2D eigenvalue weighted by Gasteiger charge is 2.39. The Balaban J connectivity index is 1.28. The van der Waals surface area contributed by atoms with Gasteiger partial charge in [0.05, 0.1) is 0 Å². The van der Waals surface area contributed by atoms with Gasteiger partial charge in [-0.2, -0.15) is 0 Å². The summed E-state index contributed by atoms with van der Waals surface area (Å²) in [4.78, 5) is 61.2. The molecule has 1 aromatic rings. The predicted molar refractivity (Wildman–Crippen MR) is 143 cm³/mol. The number of carbonyl (C=O) groups is 5. The van der Waals surface area contributed by atoms with Crippen LogP contribution in [0.25, 0.3) is 0 Å². The van der Waals surface area contributed by atoms with Crippen LogP contribution in [0.5, 0.6) is 0 Å². The minimum Gasteiger partial charge on any atom is -0.481 e. The van der Waals surface area contributed by atoms with Crippen LogP contribution in [0.3, 0.4) is 0 Å². The molecule has 0 aliphatic carbocycles. The van der Waals surface area contributed by atoms with Crippen LogP contribution < -0.4 is 10.6 Å². The SMILES string of the molecule is O=C(O)CCCCCCCCCCCCCCC(=O)Nc1cccc2c1CN(C1CCC(=O)NC1=O)C2=O. The average molecular weight is 528 g/mol. The number of carboxylic acids is 1. The topological polar surface area (TPSA) is 133 Å². The van der Waals surface area contributed by atoms with E-state index in [1.165, 1.54) is 43.4 Å². The van der Waals surface area contributed by atoms with Crippen LogP contribution in [0.1, 0.15) is 119 Å². The second kappa shape index (κ2) is 15.2. The van der Waals surface area contributed by atoms with Gasteiger partial charge in [0.2, 0.25) is 17.7 Å². The summed E-state index contributed by atoms with van der Waals surface area (Å²) in [6.45, 7) is 0.238. The zero-order valence-corrected chi connectivity index (χ0v) is 22.3. The molecule has 1 saturated heterocycles. The Labute approximate surface area is 224 Å². The molecule has 0 spiro atoms. The zero-order chi connectivity index (χ0) is 27.3. The number of carboxylic acid groups (broad SMARTS) is 1. The van der Waals surface area contributed by atoms with Gasteiger partial charge in [0.15, 0.2) is 0 Å². The molecular formula is C29H41N3O6. The van der Waals surface area contributed by atoms with Gasteiger partial charge in [-0.05, 0) is 31.4 Å². The molecule has 0 bridgehead atoms. The number of unbranched alkanes of at least 4 members (excludes halogenated alkanes) is 11. The zero-order valence-electron chi connectivity index (χ0n) is 22.3. The normalized spacial score (nSPS) is 16.9. The van der Waals surface area contributed by atoms with Gasteiger partial charge in [-0.15, -0.1) is 0 Å². The Bertz CT molecular complexity index is 1010. The number of hydrogen-bond acceptors (Lipinski definition) is 5. The van der Waals surface area contributed by atoms with Crippen molar-refractivity contribution in [1.29, 1.82) is 0 Å².